The van der Waals surface area contributed by atoms with Crippen molar-refractivity contribution in [3.05, 3.63) is 29.3 Å². The summed E-state index contributed by atoms with van der Waals surface area (Å²) >= 11 is 10.2. The fraction of sp³-hybridized carbons (Fsp3) is 0.688. The third-order valence-corrected chi connectivity index (χ3v) is 23.9. The van der Waals surface area contributed by atoms with Crippen molar-refractivity contribution >= 4 is 88.3 Å². The summed E-state index contributed by atoms with van der Waals surface area (Å²) < 4.78 is 69.9. The molecule has 3 saturated heterocycles. The van der Waals surface area contributed by atoms with Crippen LogP contribution in [0.3, 0.4) is 0 Å². The van der Waals surface area contributed by atoms with Crippen molar-refractivity contribution in [1.29, 1.82) is 0 Å². The van der Waals surface area contributed by atoms with Crippen LogP contribution in [0.1, 0.15) is 54.0 Å². The largest absolute Gasteiger partial charge is 0.408 e. The van der Waals surface area contributed by atoms with Gasteiger partial charge in [0, 0.05) is 0 Å². The molecule has 0 aromatic carbocycles. The summed E-state index contributed by atoms with van der Waals surface area (Å²) in [5.41, 5.74) is 12.1. The number of aromatic amines is 1. The Labute approximate surface area is 352 Å². The quantitative estimate of drug-likeness (QED) is 0.0989. The molecule has 6 N–H and O–H groups in total. The fourth-order valence-corrected chi connectivity index (χ4v) is 12.1. The number of hydrogen-bond acceptors (Lipinski definition) is 18. The van der Waals surface area contributed by atoms with Crippen LogP contribution in [0.15, 0.2) is 23.8 Å². The van der Waals surface area contributed by atoms with E-state index in [1.165, 1.54) is 23.5 Å². The Morgan fingerprint density at radius 3 is 1.92 bits per heavy atom. The Morgan fingerprint density at radius 2 is 1.36 bits per heavy atom. The molecular formula is C32H52N10O11P2S2Si2. The molecule has 21 nitrogen and oxygen atoms in total. The minimum Gasteiger partial charge on any atom is -0.408 e. The number of imidazole rings is 2. The number of fused-ring (bicyclic) bond motifs is 6. The predicted molar refractivity (Wildman–Crippen MR) is 229 cm³/mol. The zero-order valence-electron chi connectivity index (χ0n) is 34.3. The van der Waals surface area contributed by atoms with Gasteiger partial charge in [-0.25, -0.2) is 24.5 Å². The Morgan fingerprint density at radius 1 is 0.847 bits per heavy atom. The second-order valence-electron chi connectivity index (χ2n) is 17.8. The van der Waals surface area contributed by atoms with Crippen molar-refractivity contribution in [2.24, 2.45) is 0 Å². The molecule has 7 heterocycles. The molecular weight excluding hydrogens is 883 g/mol. The Hall–Kier alpha value is -2.20. The molecule has 0 spiro atoms. The summed E-state index contributed by atoms with van der Waals surface area (Å²) in [7, 11) is -5.36. The molecule has 4 bridgehead atoms. The molecule has 0 radical (unpaired) electrons. The number of nitrogens with one attached hydrogen (secondary N) is 1. The van der Waals surface area contributed by atoms with Gasteiger partial charge in [-0.3, -0.25) is 32.5 Å². The summed E-state index contributed by atoms with van der Waals surface area (Å²) in [6.07, 6.45) is -4.73. The summed E-state index contributed by atoms with van der Waals surface area (Å²) in [6.45, 7) is 11.1. The van der Waals surface area contributed by atoms with Gasteiger partial charge in [-0.15, -0.1) is 0 Å². The van der Waals surface area contributed by atoms with Gasteiger partial charge in [-0.05, 0) is 48.1 Å². The first kappa shape index (κ1) is 44.8. The predicted octanol–water partition coefficient (Wildman–Crippen LogP) is 4.77. The van der Waals surface area contributed by atoms with E-state index in [9.17, 15) is 14.3 Å². The van der Waals surface area contributed by atoms with Crippen molar-refractivity contribution in [3.8, 4) is 0 Å². The fourth-order valence-electron chi connectivity index (χ4n) is 6.56. The molecule has 7 rings (SSSR count). The summed E-state index contributed by atoms with van der Waals surface area (Å²) in [6, 6.07) is 0. The third kappa shape index (κ3) is 8.76. The zero-order chi connectivity index (χ0) is 43.2. The maximum Gasteiger partial charge on any atom is 0.386 e. The number of ether oxygens (including phenoxy) is 2. The van der Waals surface area contributed by atoms with Crippen molar-refractivity contribution in [2.45, 2.75) is 127 Å². The van der Waals surface area contributed by atoms with E-state index in [2.05, 4.69) is 83.7 Å². The Balaban J connectivity index is 1.34. The Bertz CT molecular complexity index is 2390. The average Bonchev–Trinajstić information content (AvgIpc) is 3.86. The maximum atomic E-state index is 14.6. The molecule has 10 atom stereocenters. The summed E-state index contributed by atoms with van der Waals surface area (Å²) in [5.74, 6) is -0.0336. The van der Waals surface area contributed by atoms with Crippen LogP contribution >= 0.6 is 25.8 Å². The van der Waals surface area contributed by atoms with Gasteiger partial charge in [0.15, 0.2) is 51.7 Å². The van der Waals surface area contributed by atoms with Gasteiger partial charge in [0.2, 0.25) is 5.95 Å². The van der Waals surface area contributed by atoms with Gasteiger partial charge in [-0.1, -0.05) is 53.8 Å². The van der Waals surface area contributed by atoms with Crippen molar-refractivity contribution in [2.75, 3.05) is 24.7 Å². The highest BCUT2D eigenvalue weighted by Crippen LogP contribution is 2.59. The second kappa shape index (κ2) is 15.6. The first-order valence-electron chi connectivity index (χ1n) is 18.8. The molecule has 0 aliphatic carbocycles. The number of nitrogens with two attached hydrogens (primary N) is 2. The highest BCUT2D eigenvalue weighted by atomic mass is 32.7. The van der Waals surface area contributed by atoms with Crippen LogP contribution in [0.5, 0.6) is 0 Å². The van der Waals surface area contributed by atoms with Gasteiger partial charge >= 0.3 is 13.5 Å². The average molecular weight is 935 g/mol. The molecule has 4 aromatic heterocycles. The number of H-pyrrole nitrogens is 1. The van der Waals surface area contributed by atoms with Crippen LogP contribution in [0.2, 0.25) is 36.3 Å². The second-order valence-corrected chi connectivity index (χ2v) is 33.0. The van der Waals surface area contributed by atoms with Crippen LogP contribution in [0, 0.1) is 0 Å². The smallest absolute Gasteiger partial charge is 0.386 e. The van der Waals surface area contributed by atoms with Crippen LogP contribution in [0.4, 0.5) is 11.8 Å². The first-order valence-corrected chi connectivity index (χ1v) is 29.9. The van der Waals surface area contributed by atoms with Crippen molar-refractivity contribution in [3.63, 3.8) is 0 Å². The monoisotopic (exact) mass is 934 g/mol. The van der Waals surface area contributed by atoms with E-state index in [-0.39, 0.29) is 39.6 Å². The van der Waals surface area contributed by atoms with Gasteiger partial charge in [0.25, 0.3) is 5.56 Å². The van der Waals surface area contributed by atoms with Gasteiger partial charge in [-0.2, -0.15) is 4.98 Å². The van der Waals surface area contributed by atoms with Crippen molar-refractivity contribution in [1.82, 2.24) is 39.0 Å². The van der Waals surface area contributed by atoms with Gasteiger partial charge in [0.05, 0.1) is 25.9 Å². The van der Waals surface area contributed by atoms with Crippen LogP contribution in [-0.4, -0.2) is 110 Å². The third-order valence-electron chi connectivity index (χ3n) is 11.7. The molecule has 3 aliphatic heterocycles. The molecule has 4 aromatic rings. The standard InChI is InChI=1S/C32H52N10O11P2S2Si2/c1-31(2,3)58(7,8)52-20-16-11-46-55(45,57)51-23-21(53-59(9,10)32(4,5)6)17(49-29(23)42-15-38-19-26(42)39-30(34)40-27(19)43)12-47-54(44,56)50-22(20)28(48-16)41-14-37-18-24(33)35-13-36-25(18)41/h13-17,20-23,28-29H,11-12H2,1-10H3,(H,44,56)(H,45,57)(H2,33,35,36)(H3,34,39,40,43)/t16-,17-,20?,21?,22+,23+,28-,29-,54?,55?/m1/s1. The lowest BCUT2D eigenvalue weighted by molar-refractivity contribution is -0.0598. The zero-order valence-corrected chi connectivity index (χ0v) is 39.8. The highest BCUT2D eigenvalue weighted by molar-refractivity contribution is 8.44. The lowest BCUT2D eigenvalue weighted by atomic mass is 10.1. The van der Waals surface area contributed by atoms with E-state index in [1.54, 1.807) is 4.57 Å². The molecule has 3 aliphatic rings. The highest BCUT2D eigenvalue weighted by Gasteiger charge is 2.57. The van der Waals surface area contributed by atoms with E-state index >= 15 is 0 Å². The normalized spacial score (nSPS) is 32.8. The molecule has 27 heteroatoms. The van der Waals surface area contributed by atoms with E-state index < -0.39 is 91.4 Å². The molecule has 59 heavy (non-hydrogen) atoms. The Kier molecular flexibility index (Phi) is 11.8. The van der Waals surface area contributed by atoms with Crippen LogP contribution < -0.4 is 17.0 Å². The maximum absolute atomic E-state index is 14.6. The van der Waals surface area contributed by atoms with E-state index in [4.69, 9.17) is 59.7 Å². The SMILES string of the molecule is CC(C)(C)[Si](C)(C)OC1[C@H]2COP(O)(=S)O[C@H]3C(O[Si](C)(C)C(C)(C)C)[C@@H](COP(=O)(S)O[C@@H]1[C@H](n1cnc4c(N)ncnc41)O2)O[C@H]3n1cnc2c(=O)[nH]c(N)nc21. The lowest BCUT2D eigenvalue weighted by Gasteiger charge is -2.41. The number of thiol groups is 1. The minimum atomic E-state index is -4.37. The summed E-state index contributed by atoms with van der Waals surface area (Å²) in [4.78, 5) is 48.7. The number of nitrogens with zero attached hydrogens (tertiary/aromatic N) is 7. The summed E-state index contributed by atoms with van der Waals surface area (Å²) in [5, 5.41) is -0.615. The number of anilines is 2. The number of rotatable bonds is 6. The van der Waals surface area contributed by atoms with E-state index in [1.807, 2.05) is 26.2 Å². The molecule has 4 unspecified atom stereocenters. The molecule has 0 amide bonds. The van der Waals surface area contributed by atoms with Crippen LogP contribution in [0.25, 0.3) is 22.3 Å². The minimum absolute atomic E-state index is 0.0303. The number of nitrogen functional groups attached to an aromatic ring is 2. The lowest BCUT2D eigenvalue weighted by Crippen LogP contribution is -2.51. The molecule has 326 valence electrons. The van der Waals surface area contributed by atoms with E-state index in [0.29, 0.717) is 11.2 Å². The molecule has 0 saturated carbocycles. The number of hydrogen-bond donors (Lipinski definition) is 5. The first-order chi connectivity index (χ1) is 27.2. The van der Waals surface area contributed by atoms with Crippen LogP contribution in [-0.2, 0) is 52.8 Å². The number of aromatic nitrogens is 8. The van der Waals surface area contributed by atoms with Gasteiger partial charge in [0.1, 0.15) is 48.5 Å². The van der Waals surface area contributed by atoms with E-state index in [0.717, 1.165) is 0 Å². The van der Waals surface area contributed by atoms with Gasteiger partial charge < -0.3 is 39.2 Å². The van der Waals surface area contributed by atoms with Crippen molar-refractivity contribution < 1.29 is 45.9 Å². The molecule has 3 fully saturated rings. The topological polar surface area (TPSA) is 270 Å².